The van der Waals surface area contributed by atoms with Crippen LogP contribution in [0.15, 0.2) is 24.3 Å². The SMILES string of the molecule is COC(C)(C)CCNC(C)Cc1ccc(F)cc1. The van der Waals surface area contributed by atoms with E-state index in [0.29, 0.717) is 6.04 Å². The quantitative estimate of drug-likeness (QED) is 0.806. The van der Waals surface area contributed by atoms with Crippen molar-refractivity contribution in [3.8, 4) is 0 Å². The van der Waals surface area contributed by atoms with Crippen LogP contribution in [-0.4, -0.2) is 25.3 Å². The van der Waals surface area contributed by atoms with Crippen molar-refractivity contribution < 1.29 is 9.13 Å². The summed E-state index contributed by atoms with van der Waals surface area (Å²) in [4.78, 5) is 0. The van der Waals surface area contributed by atoms with Gasteiger partial charge in [-0.1, -0.05) is 12.1 Å². The van der Waals surface area contributed by atoms with E-state index in [9.17, 15) is 4.39 Å². The highest BCUT2D eigenvalue weighted by molar-refractivity contribution is 5.16. The second-order valence-electron chi connectivity index (χ2n) is 5.40. The molecule has 2 nitrogen and oxygen atoms in total. The molecule has 0 radical (unpaired) electrons. The first-order valence-corrected chi connectivity index (χ1v) is 6.46. The first-order valence-electron chi connectivity index (χ1n) is 6.46. The van der Waals surface area contributed by atoms with Crippen molar-refractivity contribution in [2.45, 2.75) is 45.3 Å². The summed E-state index contributed by atoms with van der Waals surface area (Å²) in [5.41, 5.74) is 1.07. The van der Waals surface area contributed by atoms with Gasteiger partial charge in [0.05, 0.1) is 5.60 Å². The van der Waals surface area contributed by atoms with Gasteiger partial charge in [-0.3, -0.25) is 0 Å². The molecule has 0 amide bonds. The van der Waals surface area contributed by atoms with Crippen LogP contribution < -0.4 is 5.32 Å². The number of nitrogens with one attached hydrogen (secondary N) is 1. The second-order valence-corrected chi connectivity index (χ2v) is 5.40. The van der Waals surface area contributed by atoms with E-state index in [1.807, 2.05) is 12.1 Å². The van der Waals surface area contributed by atoms with Gasteiger partial charge in [-0.25, -0.2) is 4.39 Å². The number of benzene rings is 1. The number of ether oxygens (including phenoxy) is 1. The maximum Gasteiger partial charge on any atom is 0.123 e. The molecular weight excluding hydrogens is 229 g/mol. The molecule has 1 unspecified atom stereocenters. The van der Waals surface area contributed by atoms with E-state index in [4.69, 9.17) is 4.74 Å². The van der Waals surface area contributed by atoms with Crippen molar-refractivity contribution in [1.29, 1.82) is 0 Å². The van der Waals surface area contributed by atoms with Crippen LogP contribution in [0.25, 0.3) is 0 Å². The summed E-state index contributed by atoms with van der Waals surface area (Å²) < 4.78 is 18.1. The molecule has 0 aromatic heterocycles. The minimum absolute atomic E-state index is 0.0808. The normalized spacial score (nSPS) is 13.6. The molecule has 1 aromatic carbocycles. The maximum absolute atomic E-state index is 12.8. The Morgan fingerprint density at radius 3 is 2.44 bits per heavy atom. The molecule has 0 aliphatic carbocycles. The van der Waals surface area contributed by atoms with Gasteiger partial charge in [-0.2, -0.15) is 0 Å². The van der Waals surface area contributed by atoms with E-state index >= 15 is 0 Å². The molecule has 1 atom stereocenters. The minimum Gasteiger partial charge on any atom is -0.379 e. The molecule has 0 spiro atoms. The lowest BCUT2D eigenvalue weighted by Gasteiger charge is -2.24. The fourth-order valence-corrected chi connectivity index (χ4v) is 1.77. The van der Waals surface area contributed by atoms with Gasteiger partial charge in [-0.15, -0.1) is 0 Å². The van der Waals surface area contributed by atoms with Crippen LogP contribution in [0.1, 0.15) is 32.8 Å². The predicted molar refractivity (Wildman–Crippen MR) is 73.3 cm³/mol. The van der Waals surface area contributed by atoms with Gasteiger partial charge in [-0.05, 0) is 57.9 Å². The number of halogens is 1. The topological polar surface area (TPSA) is 21.3 Å². The summed E-state index contributed by atoms with van der Waals surface area (Å²) in [6.07, 6.45) is 1.88. The number of hydrogen-bond donors (Lipinski definition) is 1. The van der Waals surface area contributed by atoms with Gasteiger partial charge < -0.3 is 10.1 Å². The highest BCUT2D eigenvalue weighted by Crippen LogP contribution is 2.12. The Bertz CT molecular complexity index is 348. The molecular formula is C15H24FNO. The van der Waals surface area contributed by atoms with Crippen LogP contribution in [0.2, 0.25) is 0 Å². The van der Waals surface area contributed by atoms with Crippen molar-refractivity contribution in [2.24, 2.45) is 0 Å². The summed E-state index contributed by atoms with van der Waals surface area (Å²) in [5.74, 6) is -0.179. The molecule has 0 saturated carbocycles. The van der Waals surface area contributed by atoms with E-state index < -0.39 is 0 Å². The maximum atomic E-state index is 12.8. The Morgan fingerprint density at radius 1 is 1.28 bits per heavy atom. The highest BCUT2D eigenvalue weighted by Gasteiger charge is 2.15. The van der Waals surface area contributed by atoms with Crippen LogP contribution in [0.5, 0.6) is 0 Å². The third kappa shape index (κ3) is 5.61. The Hall–Kier alpha value is -0.930. The Kier molecular flexibility index (Phi) is 5.76. The molecule has 102 valence electrons. The third-order valence-corrected chi connectivity index (χ3v) is 3.23. The van der Waals surface area contributed by atoms with Crippen LogP contribution in [0.3, 0.4) is 0 Å². The monoisotopic (exact) mass is 253 g/mol. The van der Waals surface area contributed by atoms with E-state index in [1.54, 1.807) is 7.11 Å². The van der Waals surface area contributed by atoms with Gasteiger partial charge in [0.2, 0.25) is 0 Å². The lowest BCUT2D eigenvalue weighted by atomic mass is 10.0. The molecule has 0 aliphatic rings. The molecule has 0 bridgehead atoms. The molecule has 0 aliphatic heterocycles. The highest BCUT2D eigenvalue weighted by atomic mass is 19.1. The van der Waals surface area contributed by atoms with Gasteiger partial charge in [0, 0.05) is 13.2 Å². The average molecular weight is 253 g/mol. The second kappa shape index (κ2) is 6.86. The Labute approximate surface area is 110 Å². The van der Waals surface area contributed by atoms with Crippen LogP contribution in [-0.2, 0) is 11.2 Å². The minimum atomic E-state index is -0.179. The molecule has 1 aromatic rings. The first kappa shape index (κ1) is 15.1. The van der Waals surface area contributed by atoms with Crippen molar-refractivity contribution in [2.75, 3.05) is 13.7 Å². The van der Waals surface area contributed by atoms with Crippen molar-refractivity contribution in [3.05, 3.63) is 35.6 Å². The summed E-state index contributed by atoms with van der Waals surface area (Å²) >= 11 is 0. The van der Waals surface area contributed by atoms with E-state index in [-0.39, 0.29) is 11.4 Å². The zero-order valence-corrected chi connectivity index (χ0v) is 11.8. The summed E-state index contributed by atoms with van der Waals surface area (Å²) in [6, 6.07) is 7.08. The lowest BCUT2D eigenvalue weighted by Crippen LogP contribution is -2.34. The van der Waals surface area contributed by atoms with Gasteiger partial charge in [0.1, 0.15) is 5.82 Å². The van der Waals surface area contributed by atoms with Crippen LogP contribution >= 0.6 is 0 Å². The molecule has 1 rings (SSSR count). The zero-order chi connectivity index (χ0) is 13.6. The summed E-state index contributed by atoms with van der Waals surface area (Å²) in [6.45, 7) is 7.23. The zero-order valence-electron chi connectivity index (χ0n) is 11.8. The molecule has 18 heavy (non-hydrogen) atoms. The van der Waals surface area contributed by atoms with Crippen LogP contribution in [0, 0.1) is 5.82 Å². The molecule has 0 saturated heterocycles. The summed E-state index contributed by atoms with van der Waals surface area (Å²) in [5, 5.41) is 3.46. The standard InChI is InChI=1S/C15H24FNO/c1-12(17-10-9-15(2,3)18-4)11-13-5-7-14(16)8-6-13/h5-8,12,17H,9-11H2,1-4H3. The summed E-state index contributed by atoms with van der Waals surface area (Å²) in [7, 11) is 1.74. The number of hydrogen-bond acceptors (Lipinski definition) is 2. The third-order valence-electron chi connectivity index (χ3n) is 3.23. The van der Waals surface area contributed by atoms with Gasteiger partial charge in [0.25, 0.3) is 0 Å². The molecule has 1 N–H and O–H groups in total. The van der Waals surface area contributed by atoms with Crippen LogP contribution in [0.4, 0.5) is 4.39 Å². The predicted octanol–water partition coefficient (Wildman–Crippen LogP) is 3.16. The molecule has 0 fully saturated rings. The fraction of sp³-hybridized carbons (Fsp3) is 0.600. The van der Waals surface area contributed by atoms with E-state index in [0.717, 1.165) is 24.9 Å². The van der Waals surface area contributed by atoms with Gasteiger partial charge in [0.15, 0.2) is 0 Å². The number of methoxy groups -OCH3 is 1. The number of rotatable bonds is 7. The fourth-order valence-electron chi connectivity index (χ4n) is 1.77. The Balaban J connectivity index is 2.29. The smallest absolute Gasteiger partial charge is 0.123 e. The van der Waals surface area contributed by atoms with E-state index in [1.165, 1.54) is 12.1 Å². The van der Waals surface area contributed by atoms with E-state index in [2.05, 4.69) is 26.1 Å². The van der Waals surface area contributed by atoms with Crippen molar-refractivity contribution in [3.63, 3.8) is 0 Å². The molecule has 0 heterocycles. The molecule has 3 heteroatoms. The lowest BCUT2D eigenvalue weighted by molar-refractivity contribution is 0.0154. The largest absolute Gasteiger partial charge is 0.379 e. The Morgan fingerprint density at radius 2 is 1.89 bits per heavy atom. The average Bonchev–Trinajstić information content (AvgIpc) is 2.32. The van der Waals surface area contributed by atoms with Crippen molar-refractivity contribution >= 4 is 0 Å². The van der Waals surface area contributed by atoms with Crippen molar-refractivity contribution in [1.82, 2.24) is 5.32 Å². The first-order chi connectivity index (χ1) is 8.43. The van der Waals surface area contributed by atoms with Gasteiger partial charge >= 0.3 is 0 Å².